The van der Waals surface area contributed by atoms with Crippen molar-refractivity contribution in [1.82, 2.24) is 5.16 Å². The van der Waals surface area contributed by atoms with Gasteiger partial charge in [-0.25, -0.2) is 4.79 Å². The monoisotopic (exact) mass is 289 g/mol. The summed E-state index contributed by atoms with van der Waals surface area (Å²) >= 11 is 1.40. The number of hydrogen-bond donors (Lipinski definition) is 0. The first-order valence-corrected chi connectivity index (χ1v) is 6.77. The molecule has 0 N–H and O–H groups in total. The Hall–Kier alpha value is -2.34. The summed E-state index contributed by atoms with van der Waals surface area (Å²) in [5.41, 5.74) is 0.540. The molecule has 3 rings (SSSR count). The number of aryl methyl sites for hydroxylation is 1. The van der Waals surface area contributed by atoms with Crippen molar-refractivity contribution in [3.05, 3.63) is 52.0 Å². The van der Waals surface area contributed by atoms with Crippen LogP contribution in [0.1, 0.15) is 20.2 Å². The van der Waals surface area contributed by atoms with Crippen molar-refractivity contribution in [1.29, 1.82) is 0 Å². The molecule has 20 heavy (non-hydrogen) atoms. The van der Waals surface area contributed by atoms with Crippen LogP contribution in [0.4, 0.5) is 0 Å². The third kappa shape index (κ3) is 2.65. The molecule has 0 bridgehead atoms. The maximum Gasteiger partial charge on any atom is 0.348 e. The first-order chi connectivity index (χ1) is 9.72. The molecule has 0 fully saturated rings. The minimum absolute atomic E-state index is 0.0694. The molecule has 102 valence electrons. The molecular weight excluding hydrogens is 278 g/mol. The van der Waals surface area contributed by atoms with E-state index in [1.165, 1.54) is 11.3 Å². The first-order valence-electron chi connectivity index (χ1n) is 5.95. The average molecular weight is 289 g/mol. The predicted molar refractivity (Wildman–Crippen MR) is 72.4 cm³/mol. The molecular formula is C14H11NO4S. The number of carbonyl (C=O) groups excluding carboxylic acids is 1. The highest BCUT2D eigenvalue weighted by molar-refractivity contribution is 7.13. The van der Waals surface area contributed by atoms with Gasteiger partial charge in [-0.15, -0.1) is 11.3 Å². The van der Waals surface area contributed by atoms with Gasteiger partial charge in [0, 0.05) is 10.9 Å². The number of esters is 1. The van der Waals surface area contributed by atoms with Crippen LogP contribution in [0.2, 0.25) is 0 Å². The average Bonchev–Trinajstić information content (AvgIpc) is 3.16. The molecule has 5 nitrogen and oxygen atoms in total. The van der Waals surface area contributed by atoms with Crippen LogP contribution in [-0.4, -0.2) is 11.1 Å². The highest BCUT2D eigenvalue weighted by atomic mass is 32.1. The van der Waals surface area contributed by atoms with Gasteiger partial charge in [-0.3, -0.25) is 0 Å². The smallest absolute Gasteiger partial charge is 0.348 e. The number of nitrogens with zero attached hydrogens (tertiary/aromatic N) is 1. The molecule has 0 radical (unpaired) electrons. The number of ether oxygens (including phenoxy) is 1. The Labute approximate surface area is 118 Å². The minimum Gasteiger partial charge on any atom is -0.461 e. The lowest BCUT2D eigenvalue weighted by Crippen LogP contribution is -2.03. The van der Waals surface area contributed by atoms with E-state index < -0.39 is 0 Å². The summed E-state index contributed by atoms with van der Waals surface area (Å²) in [7, 11) is 0. The second-order valence-corrected chi connectivity index (χ2v) is 5.43. The van der Waals surface area contributed by atoms with Crippen LogP contribution in [0, 0.1) is 6.92 Å². The van der Waals surface area contributed by atoms with E-state index in [2.05, 4.69) is 5.16 Å². The highest BCUT2D eigenvalue weighted by Gasteiger charge is 2.13. The van der Waals surface area contributed by atoms with Gasteiger partial charge in [-0.05, 0) is 31.2 Å². The van der Waals surface area contributed by atoms with Gasteiger partial charge in [0.25, 0.3) is 0 Å². The van der Waals surface area contributed by atoms with Crippen LogP contribution >= 0.6 is 11.3 Å². The summed E-state index contributed by atoms with van der Waals surface area (Å²) in [6, 6.07) is 8.85. The van der Waals surface area contributed by atoms with E-state index in [0.29, 0.717) is 22.1 Å². The molecule has 3 aromatic heterocycles. The van der Waals surface area contributed by atoms with E-state index in [0.717, 1.165) is 4.88 Å². The van der Waals surface area contributed by atoms with Gasteiger partial charge in [0.1, 0.15) is 17.2 Å². The molecule has 0 aliphatic rings. The molecule has 0 saturated carbocycles. The first kappa shape index (κ1) is 12.7. The summed E-state index contributed by atoms with van der Waals surface area (Å²) in [5.74, 6) is 0.739. The lowest BCUT2D eigenvalue weighted by molar-refractivity contribution is 0.0470. The molecule has 0 saturated heterocycles. The second kappa shape index (κ2) is 5.34. The zero-order valence-corrected chi connectivity index (χ0v) is 11.5. The van der Waals surface area contributed by atoms with Gasteiger partial charge in [0.2, 0.25) is 5.76 Å². The van der Waals surface area contributed by atoms with Gasteiger partial charge in [-0.2, -0.15) is 0 Å². The third-order valence-corrected chi connectivity index (χ3v) is 3.60. The summed E-state index contributed by atoms with van der Waals surface area (Å²) in [6.07, 6.45) is 1.55. The minimum atomic E-state index is -0.356. The maximum atomic E-state index is 11.8. The predicted octanol–water partition coefficient (Wildman–Crippen LogP) is 3.66. The van der Waals surface area contributed by atoms with Crippen LogP contribution in [0.15, 0.2) is 45.5 Å². The summed E-state index contributed by atoms with van der Waals surface area (Å²) in [5, 5.41) is 3.83. The zero-order valence-electron chi connectivity index (χ0n) is 10.7. The van der Waals surface area contributed by atoms with Gasteiger partial charge in [-0.1, -0.05) is 5.16 Å². The van der Waals surface area contributed by atoms with Crippen LogP contribution < -0.4 is 0 Å². The SMILES string of the molecule is Cc1ccc(C(=O)OCc2cc(-c3ccco3)on2)s1. The number of aromatic nitrogens is 1. The molecule has 0 spiro atoms. The number of rotatable bonds is 4. The Morgan fingerprint density at radius 2 is 2.25 bits per heavy atom. The van der Waals surface area contributed by atoms with Crippen LogP contribution in [-0.2, 0) is 11.3 Å². The Balaban J connectivity index is 1.63. The quantitative estimate of drug-likeness (QED) is 0.686. The van der Waals surface area contributed by atoms with Crippen molar-refractivity contribution in [2.75, 3.05) is 0 Å². The number of thiophene rings is 1. The highest BCUT2D eigenvalue weighted by Crippen LogP contribution is 2.21. The number of hydrogen-bond acceptors (Lipinski definition) is 6. The third-order valence-electron chi connectivity index (χ3n) is 2.62. The maximum absolute atomic E-state index is 11.8. The van der Waals surface area contributed by atoms with Crippen molar-refractivity contribution in [3.63, 3.8) is 0 Å². The summed E-state index contributed by atoms with van der Waals surface area (Å²) in [6.45, 7) is 2.01. The molecule has 0 aliphatic heterocycles. The van der Waals surface area contributed by atoms with Crippen LogP contribution in [0.3, 0.4) is 0 Å². The van der Waals surface area contributed by atoms with Crippen molar-refractivity contribution < 1.29 is 18.5 Å². The fraction of sp³-hybridized carbons (Fsp3) is 0.143. The van der Waals surface area contributed by atoms with Gasteiger partial charge < -0.3 is 13.7 Å². The molecule has 0 unspecified atom stereocenters. The van der Waals surface area contributed by atoms with Crippen LogP contribution in [0.25, 0.3) is 11.5 Å². The van der Waals surface area contributed by atoms with E-state index in [9.17, 15) is 4.79 Å². The van der Waals surface area contributed by atoms with Crippen molar-refractivity contribution in [2.24, 2.45) is 0 Å². The fourth-order valence-corrected chi connectivity index (χ4v) is 2.43. The Morgan fingerprint density at radius 1 is 1.35 bits per heavy atom. The van der Waals surface area contributed by atoms with Crippen molar-refractivity contribution in [3.8, 4) is 11.5 Å². The molecule has 6 heteroatoms. The van der Waals surface area contributed by atoms with Crippen LogP contribution in [0.5, 0.6) is 0 Å². The summed E-state index contributed by atoms with van der Waals surface area (Å²) in [4.78, 5) is 13.4. The Bertz CT molecular complexity index is 711. The summed E-state index contributed by atoms with van der Waals surface area (Å²) < 4.78 is 15.5. The van der Waals surface area contributed by atoms with E-state index in [-0.39, 0.29) is 12.6 Å². The Morgan fingerprint density at radius 3 is 2.95 bits per heavy atom. The van der Waals surface area contributed by atoms with E-state index in [4.69, 9.17) is 13.7 Å². The van der Waals surface area contributed by atoms with Gasteiger partial charge in [0.15, 0.2) is 5.76 Å². The number of carbonyl (C=O) groups is 1. The normalized spacial score (nSPS) is 10.7. The lowest BCUT2D eigenvalue weighted by Gasteiger charge is -1.98. The molecule has 3 heterocycles. The van der Waals surface area contributed by atoms with Crippen molar-refractivity contribution >= 4 is 17.3 Å². The molecule has 0 aromatic carbocycles. The second-order valence-electron chi connectivity index (χ2n) is 4.15. The van der Waals surface area contributed by atoms with Gasteiger partial charge in [0.05, 0.1) is 6.26 Å². The lowest BCUT2D eigenvalue weighted by atomic mass is 10.3. The Kier molecular flexibility index (Phi) is 3.39. The fourth-order valence-electron chi connectivity index (χ4n) is 1.67. The molecule has 3 aromatic rings. The van der Waals surface area contributed by atoms with E-state index in [1.807, 2.05) is 13.0 Å². The molecule has 0 atom stereocenters. The largest absolute Gasteiger partial charge is 0.461 e. The number of furan rings is 1. The van der Waals surface area contributed by atoms with Crippen molar-refractivity contribution in [2.45, 2.75) is 13.5 Å². The zero-order chi connectivity index (χ0) is 13.9. The van der Waals surface area contributed by atoms with Gasteiger partial charge >= 0.3 is 5.97 Å². The molecule has 0 aliphatic carbocycles. The van der Waals surface area contributed by atoms with E-state index in [1.54, 1.807) is 30.5 Å². The standard InChI is InChI=1S/C14H11NO4S/c1-9-4-5-13(20-9)14(16)18-8-10-7-12(19-15-10)11-3-2-6-17-11/h2-7H,8H2,1H3. The topological polar surface area (TPSA) is 65.5 Å². The molecule has 0 amide bonds. The van der Waals surface area contributed by atoms with E-state index >= 15 is 0 Å².